The molecule has 0 spiro atoms. The summed E-state index contributed by atoms with van der Waals surface area (Å²) in [5.41, 5.74) is 0.848. The molecule has 0 unspecified atom stereocenters. The molecule has 0 aliphatic carbocycles. The Bertz CT molecular complexity index is 543. The third-order valence-electron chi connectivity index (χ3n) is 3.05. The lowest BCUT2D eigenvalue weighted by atomic mass is 9.91. The molecule has 0 saturated carbocycles. The number of rotatable bonds is 3. The summed E-state index contributed by atoms with van der Waals surface area (Å²) >= 11 is 0. The molecular formula is C15H18O4. The molecule has 1 aromatic rings. The lowest BCUT2D eigenvalue weighted by Crippen LogP contribution is -2.36. The number of carbonyl (C=O) groups is 2. The van der Waals surface area contributed by atoms with E-state index in [2.05, 4.69) is 0 Å². The second-order valence-electron chi connectivity index (χ2n) is 5.52. The fourth-order valence-corrected chi connectivity index (χ4v) is 2.15. The van der Waals surface area contributed by atoms with Crippen LogP contribution in [-0.4, -0.2) is 23.8 Å². The van der Waals surface area contributed by atoms with Crippen LogP contribution in [0.15, 0.2) is 12.1 Å². The molecule has 0 atom stereocenters. The molecule has 0 saturated heterocycles. The van der Waals surface area contributed by atoms with Crippen LogP contribution in [0.25, 0.3) is 0 Å². The molecule has 0 bridgehead atoms. The molecule has 0 amide bonds. The first-order valence-electron chi connectivity index (χ1n) is 6.28. The molecule has 1 aliphatic heterocycles. The largest absolute Gasteiger partial charge is 0.486 e. The molecule has 0 N–H and O–H groups in total. The molecule has 102 valence electrons. The quantitative estimate of drug-likeness (QED) is 0.840. The van der Waals surface area contributed by atoms with Crippen molar-refractivity contribution in [2.45, 2.75) is 39.7 Å². The highest BCUT2D eigenvalue weighted by Crippen LogP contribution is 2.39. The van der Waals surface area contributed by atoms with Gasteiger partial charge in [-0.15, -0.1) is 0 Å². The van der Waals surface area contributed by atoms with Gasteiger partial charge in [0.15, 0.2) is 11.6 Å². The predicted octanol–water partition coefficient (Wildman–Crippen LogP) is 2.71. The average Bonchev–Trinajstić information content (AvgIpc) is 2.27. The second kappa shape index (κ2) is 4.68. The third-order valence-corrected chi connectivity index (χ3v) is 3.05. The maximum Gasteiger partial charge on any atom is 0.170 e. The van der Waals surface area contributed by atoms with Crippen LogP contribution in [0, 0.1) is 6.92 Å². The predicted molar refractivity (Wildman–Crippen MR) is 71.0 cm³/mol. The van der Waals surface area contributed by atoms with Gasteiger partial charge in [0.2, 0.25) is 0 Å². The Kier molecular flexibility index (Phi) is 3.35. The van der Waals surface area contributed by atoms with Crippen molar-refractivity contribution in [1.29, 1.82) is 0 Å². The van der Waals surface area contributed by atoms with Crippen molar-refractivity contribution >= 4 is 11.6 Å². The standard InChI is InChI=1S/C15H18O4/c1-9(16)8-18-13-6-5-11-12(17)7-15(3,4)19-14(11)10(13)2/h5-6H,7-8H2,1-4H3. The Morgan fingerprint density at radius 1 is 1.42 bits per heavy atom. The first-order chi connectivity index (χ1) is 8.80. The average molecular weight is 262 g/mol. The highest BCUT2D eigenvalue weighted by Gasteiger charge is 2.34. The summed E-state index contributed by atoms with van der Waals surface area (Å²) in [5.74, 6) is 1.18. The van der Waals surface area contributed by atoms with Crippen LogP contribution >= 0.6 is 0 Å². The minimum Gasteiger partial charge on any atom is -0.486 e. The lowest BCUT2D eigenvalue weighted by Gasteiger charge is -2.33. The summed E-state index contributed by atoms with van der Waals surface area (Å²) in [6, 6.07) is 3.42. The molecule has 4 nitrogen and oxygen atoms in total. The van der Waals surface area contributed by atoms with Crippen molar-refractivity contribution in [1.82, 2.24) is 0 Å². The van der Waals surface area contributed by atoms with Crippen LogP contribution in [0.1, 0.15) is 43.1 Å². The van der Waals surface area contributed by atoms with E-state index in [-0.39, 0.29) is 18.2 Å². The summed E-state index contributed by atoms with van der Waals surface area (Å²) in [4.78, 5) is 23.0. The normalized spacial score (nSPS) is 16.5. The number of ether oxygens (including phenoxy) is 2. The highest BCUT2D eigenvalue weighted by molar-refractivity contribution is 6.01. The number of carbonyl (C=O) groups excluding carboxylic acids is 2. The van der Waals surface area contributed by atoms with Gasteiger partial charge in [-0.3, -0.25) is 9.59 Å². The number of hydrogen-bond donors (Lipinski definition) is 0. The fraction of sp³-hybridized carbons (Fsp3) is 0.467. The topological polar surface area (TPSA) is 52.6 Å². The first-order valence-corrected chi connectivity index (χ1v) is 6.28. The van der Waals surface area contributed by atoms with E-state index in [4.69, 9.17) is 9.47 Å². The van der Waals surface area contributed by atoms with Gasteiger partial charge in [0.25, 0.3) is 0 Å². The molecule has 1 aromatic carbocycles. The van der Waals surface area contributed by atoms with Crippen LogP contribution in [-0.2, 0) is 4.79 Å². The zero-order valence-electron chi connectivity index (χ0n) is 11.7. The van der Waals surface area contributed by atoms with E-state index in [0.29, 0.717) is 23.5 Å². The Balaban J connectivity index is 2.38. The van der Waals surface area contributed by atoms with Crippen molar-refractivity contribution in [3.8, 4) is 11.5 Å². The number of ketones is 2. The molecule has 2 rings (SSSR count). The van der Waals surface area contributed by atoms with Crippen LogP contribution in [0.5, 0.6) is 11.5 Å². The second-order valence-corrected chi connectivity index (χ2v) is 5.52. The van der Waals surface area contributed by atoms with Crippen LogP contribution in [0.2, 0.25) is 0 Å². The number of fused-ring (bicyclic) bond motifs is 1. The van der Waals surface area contributed by atoms with Crippen LogP contribution < -0.4 is 9.47 Å². The Labute approximate surface area is 112 Å². The summed E-state index contributed by atoms with van der Waals surface area (Å²) in [6.07, 6.45) is 0.368. The summed E-state index contributed by atoms with van der Waals surface area (Å²) in [5, 5.41) is 0. The molecule has 1 aliphatic rings. The van der Waals surface area contributed by atoms with Crippen LogP contribution in [0.4, 0.5) is 0 Å². The number of hydrogen-bond acceptors (Lipinski definition) is 4. The lowest BCUT2D eigenvalue weighted by molar-refractivity contribution is -0.118. The molecule has 4 heteroatoms. The molecule has 1 heterocycles. The maximum atomic E-state index is 12.1. The van der Waals surface area contributed by atoms with Crippen LogP contribution in [0.3, 0.4) is 0 Å². The zero-order chi connectivity index (χ0) is 14.2. The van der Waals surface area contributed by atoms with E-state index in [1.807, 2.05) is 20.8 Å². The van der Waals surface area contributed by atoms with Crippen molar-refractivity contribution in [3.63, 3.8) is 0 Å². The summed E-state index contributed by atoms with van der Waals surface area (Å²) < 4.78 is 11.3. The SMILES string of the molecule is CC(=O)COc1ccc2c(c1C)OC(C)(C)CC2=O. The van der Waals surface area contributed by atoms with E-state index in [1.54, 1.807) is 12.1 Å². The van der Waals surface area contributed by atoms with E-state index >= 15 is 0 Å². The van der Waals surface area contributed by atoms with Crippen molar-refractivity contribution in [2.24, 2.45) is 0 Å². The zero-order valence-corrected chi connectivity index (χ0v) is 11.7. The van der Waals surface area contributed by atoms with Gasteiger partial charge in [0, 0.05) is 5.56 Å². The van der Waals surface area contributed by atoms with E-state index < -0.39 is 5.60 Å². The van der Waals surface area contributed by atoms with Gasteiger partial charge in [-0.2, -0.15) is 0 Å². The Morgan fingerprint density at radius 2 is 2.11 bits per heavy atom. The number of benzene rings is 1. The van der Waals surface area contributed by atoms with Gasteiger partial charge in [-0.05, 0) is 39.8 Å². The monoisotopic (exact) mass is 262 g/mol. The Hall–Kier alpha value is -1.84. The van der Waals surface area contributed by atoms with Crippen molar-refractivity contribution in [3.05, 3.63) is 23.3 Å². The smallest absolute Gasteiger partial charge is 0.170 e. The fourth-order valence-electron chi connectivity index (χ4n) is 2.15. The summed E-state index contributed by atoms with van der Waals surface area (Å²) in [6.45, 7) is 7.10. The molecule has 0 aromatic heterocycles. The van der Waals surface area contributed by atoms with Gasteiger partial charge in [0.05, 0.1) is 12.0 Å². The van der Waals surface area contributed by atoms with Crippen molar-refractivity contribution in [2.75, 3.05) is 6.61 Å². The third kappa shape index (κ3) is 2.78. The van der Waals surface area contributed by atoms with Crippen molar-refractivity contribution < 1.29 is 19.1 Å². The van der Waals surface area contributed by atoms with Gasteiger partial charge in [-0.25, -0.2) is 0 Å². The number of Topliss-reactive ketones (excluding diaryl/α,β-unsaturated/α-hetero) is 2. The van der Waals surface area contributed by atoms with Gasteiger partial charge >= 0.3 is 0 Å². The minimum absolute atomic E-state index is 0.0248. The molecule has 0 fully saturated rings. The summed E-state index contributed by atoms with van der Waals surface area (Å²) in [7, 11) is 0. The maximum absolute atomic E-state index is 12.1. The van der Waals surface area contributed by atoms with E-state index in [9.17, 15) is 9.59 Å². The van der Waals surface area contributed by atoms with Gasteiger partial charge < -0.3 is 9.47 Å². The van der Waals surface area contributed by atoms with Gasteiger partial charge in [-0.1, -0.05) is 0 Å². The minimum atomic E-state index is -0.506. The molecule has 19 heavy (non-hydrogen) atoms. The molecule has 0 radical (unpaired) electrons. The molecular weight excluding hydrogens is 244 g/mol. The Morgan fingerprint density at radius 3 is 2.74 bits per heavy atom. The van der Waals surface area contributed by atoms with E-state index in [0.717, 1.165) is 5.56 Å². The van der Waals surface area contributed by atoms with E-state index in [1.165, 1.54) is 6.92 Å². The highest BCUT2D eigenvalue weighted by atomic mass is 16.5. The van der Waals surface area contributed by atoms with Gasteiger partial charge in [0.1, 0.15) is 23.7 Å². The first kappa shape index (κ1) is 13.6.